The van der Waals surface area contributed by atoms with Gasteiger partial charge in [-0.3, -0.25) is 4.79 Å². The summed E-state index contributed by atoms with van der Waals surface area (Å²) in [7, 11) is 0. The Hall–Kier alpha value is -0.440. The number of piperidine rings is 1. The van der Waals surface area contributed by atoms with Gasteiger partial charge < -0.3 is 5.32 Å². The van der Waals surface area contributed by atoms with Crippen LogP contribution in [0, 0.1) is 5.41 Å². The van der Waals surface area contributed by atoms with Gasteiger partial charge in [0.1, 0.15) is 0 Å². The van der Waals surface area contributed by atoms with Gasteiger partial charge in [0.25, 0.3) is 0 Å². The molecule has 15 heavy (non-hydrogen) atoms. The molecular weight excluding hydrogens is 206 g/mol. The molecule has 2 nitrogen and oxygen atoms in total. The van der Waals surface area contributed by atoms with Crippen molar-refractivity contribution in [1.29, 1.82) is 0 Å². The summed E-state index contributed by atoms with van der Waals surface area (Å²) in [5, 5.41) is 3.91. The van der Waals surface area contributed by atoms with E-state index in [0.29, 0.717) is 17.9 Å². The van der Waals surface area contributed by atoms with E-state index in [0.717, 1.165) is 11.7 Å². The minimum absolute atomic E-state index is 0.242. The van der Waals surface area contributed by atoms with Gasteiger partial charge >= 0.3 is 0 Å². The molecule has 0 aromatic heterocycles. The van der Waals surface area contributed by atoms with E-state index in [1.54, 1.807) is 5.57 Å². The summed E-state index contributed by atoms with van der Waals surface area (Å²) in [6.07, 6.45) is 4.23. The number of allylic oxidation sites excluding steroid dienone is 1. The first kappa shape index (κ1) is 9.76. The monoisotopic (exact) mass is 223 g/mol. The molecule has 1 saturated heterocycles. The molecule has 82 valence electrons. The molecule has 3 atom stereocenters. The third-order valence-electron chi connectivity index (χ3n) is 4.02. The van der Waals surface area contributed by atoms with Gasteiger partial charge in [0, 0.05) is 16.6 Å². The van der Waals surface area contributed by atoms with Gasteiger partial charge in [0.15, 0.2) is 0 Å². The number of thioether (sulfide) groups is 1. The van der Waals surface area contributed by atoms with E-state index in [4.69, 9.17) is 0 Å². The highest BCUT2D eigenvalue weighted by Crippen LogP contribution is 2.56. The zero-order chi connectivity index (χ0) is 10.6. The quantitative estimate of drug-likeness (QED) is 0.683. The van der Waals surface area contributed by atoms with Gasteiger partial charge in [-0.05, 0) is 24.7 Å². The van der Waals surface area contributed by atoms with Crippen LogP contribution in [0.1, 0.15) is 39.5 Å². The topological polar surface area (TPSA) is 29.1 Å². The third kappa shape index (κ3) is 1.36. The lowest BCUT2D eigenvalue weighted by Gasteiger charge is -2.38. The van der Waals surface area contributed by atoms with E-state index in [-0.39, 0.29) is 5.91 Å². The number of fused-ring (bicyclic) bond motifs is 2. The SMILES string of the molecule is CC1CC2=C(S1)[C@H]1NC(=O)CC[C@@]1(C)C2. The molecule has 0 saturated carbocycles. The molecule has 2 heterocycles. The Morgan fingerprint density at radius 1 is 1.53 bits per heavy atom. The molecule has 0 radical (unpaired) electrons. The molecule has 1 unspecified atom stereocenters. The minimum atomic E-state index is 0.242. The van der Waals surface area contributed by atoms with E-state index >= 15 is 0 Å². The van der Waals surface area contributed by atoms with E-state index in [1.807, 2.05) is 11.8 Å². The predicted molar refractivity (Wildman–Crippen MR) is 62.6 cm³/mol. The van der Waals surface area contributed by atoms with Crippen LogP contribution in [0.15, 0.2) is 10.5 Å². The molecule has 3 aliphatic rings. The van der Waals surface area contributed by atoms with Gasteiger partial charge in [0.2, 0.25) is 5.91 Å². The second kappa shape index (κ2) is 3.03. The Morgan fingerprint density at radius 3 is 3.13 bits per heavy atom. The largest absolute Gasteiger partial charge is 0.348 e. The number of hydrogen-bond acceptors (Lipinski definition) is 2. The lowest BCUT2D eigenvalue weighted by Crippen LogP contribution is -2.49. The maximum absolute atomic E-state index is 11.5. The highest BCUT2D eigenvalue weighted by Gasteiger charge is 2.49. The van der Waals surface area contributed by atoms with Crippen LogP contribution in [0.3, 0.4) is 0 Å². The Bertz CT molecular complexity index is 363. The molecule has 0 bridgehead atoms. The lowest BCUT2D eigenvalue weighted by molar-refractivity contribution is -0.125. The Labute approximate surface area is 94.9 Å². The molecule has 1 fully saturated rings. The second-order valence-electron chi connectivity index (χ2n) is 5.43. The zero-order valence-electron chi connectivity index (χ0n) is 9.30. The Kier molecular flexibility index (Phi) is 1.97. The molecular formula is C12H17NOS. The van der Waals surface area contributed by atoms with Crippen LogP contribution in [0.5, 0.6) is 0 Å². The molecule has 0 aromatic carbocycles. The van der Waals surface area contributed by atoms with Gasteiger partial charge in [-0.15, -0.1) is 11.8 Å². The number of nitrogens with one attached hydrogen (secondary N) is 1. The number of hydrogen-bond donors (Lipinski definition) is 1. The van der Waals surface area contributed by atoms with Crippen LogP contribution in [0.25, 0.3) is 0 Å². The Balaban J connectivity index is 1.91. The van der Waals surface area contributed by atoms with E-state index < -0.39 is 0 Å². The van der Waals surface area contributed by atoms with Crippen molar-refractivity contribution in [2.24, 2.45) is 5.41 Å². The summed E-state index contributed by atoms with van der Waals surface area (Å²) in [6, 6.07) is 0.337. The fourth-order valence-corrected chi connectivity index (χ4v) is 4.75. The van der Waals surface area contributed by atoms with E-state index in [9.17, 15) is 4.79 Å². The molecule has 1 N–H and O–H groups in total. The normalized spacial score (nSPS) is 44.0. The standard InChI is InChI=1S/C12H17NOS/c1-7-5-8-6-12(2)4-3-9(14)13-11(12)10(8)15-7/h7,11H,3-6H2,1-2H3,(H,13,14)/t7?,11-,12+/m1/s1. The summed E-state index contributed by atoms with van der Waals surface area (Å²) in [5.74, 6) is 0.242. The average molecular weight is 223 g/mol. The molecule has 2 aliphatic heterocycles. The molecule has 0 spiro atoms. The maximum Gasteiger partial charge on any atom is 0.220 e. The van der Waals surface area contributed by atoms with Crippen LogP contribution >= 0.6 is 11.8 Å². The van der Waals surface area contributed by atoms with Crippen molar-refractivity contribution in [3.05, 3.63) is 10.5 Å². The molecule has 3 heteroatoms. The fourth-order valence-electron chi connectivity index (χ4n) is 3.23. The van der Waals surface area contributed by atoms with Gasteiger partial charge in [-0.1, -0.05) is 19.4 Å². The highest BCUT2D eigenvalue weighted by molar-refractivity contribution is 8.04. The summed E-state index contributed by atoms with van der Waals surface area (Å²) >= 11 is 1.99. The number of carbonyl (C=O) groups excluding carboxylic acids is 1. The van der Waals surface area contributed by atoms with Gasteiger partial charge in [0.05, 0.1) is 6.04 Å². The fraction of sp³-hybridized carbons (Fsp3) is 0.750. The average Bonchev–Trinajstić information content (AvgIpc) is 2.61. The molecule has 0 aromatic rings. The van der Waals surface area contributed by atoms with Crippen molar-refractivity contribution in [2.45, 2.75) is 50.8 Å². The van der Waals surface area contributed by atoms with E-state index in [1.165, 1.54) is 17.7 Å². The molecule has 3 rings (SSSR count). The zero-order valence-corrected chi connectivity index (χ0v) is 10.1. The van der Waals surface area contributed by atoms with Crippen molar-refractivity contribution in [3.63, 3.8) is 0 Å². The van der Waals surface area contributed by atoms with Crippen molar-refractivity contribution in [3.8, 4) is 0 Å². The summed E-state index contributed by atoms with van der Waals surface area (Å²) < 4.78 is 0. The van der Waals surface area contributed by atoms with Crippen LogP contribution < -0.4 is 5.32 Å². The highest BCUT2D eigenvalue weighted by atomic mass is 32.2. The van der Waals surface area contributed by atoms with Crippen LogP contribution in [-0.4, -0.2) is 17.2 Å². The number of amides is 1. The maximum atomic E-state index is 11.5. The van der Waals surface area contributed by atoms with Crippen LogP contribution in [0.4, 0.5) is 0 Å². The first-order valence-corrected chi connectivity index (χ1v) is 6.64. The lowest BCUT2D eigenvalue weighted by atomic mass is 9.76. The van der Waals surface area contributed by atoms with Gasteiger partial charge in [-0.2, -0.15) is 0 Å². The van der Waals surface area contributed by atoms with Crippen LogP contribution in [0.2, 0.25) is 0 Å². The van der Waals surface area contributed by atoms with Crippen LogP contribution in [-0.2, 0) is 4.79 Å². The summed E-state index contributed by atoms with van der Waals surface area (Å²) in [6.45, 7) is 4.62. The first-order valence-electron chi connectivity index (χ1n) is 5.76. The van der Waals surface area contributed by atoms with Crippen molar-refractivity contribution in [1.82, 2.24) is 5.32 Å². The van der Waals surface area contributed by atoms with Gasteiger partial charge in [-0.25, -0.2) is 0 Å². The smallest absolute Gasteiger partial charge is 0.220 e. The third-order valence-corrected chi connectivity index (χ3v) is 5.36. The second-order valence-corrected chi connectivity index (χ2v) is 6.91. The Morgan fingerprint density at radius 2 is 2.33 bits per heavy atom. The number of carbonyl (C=O) groups is 1. The van der Waals surface area contributed by atoms with E-state index in [2.05, 4.69) is 19.2 Å². The summed E-state index contributed by atoms with van der Waals surface area (Å²) in [5.41, 5.74) is 1.95. The first-order chi connectivity index (χ1) is 7.08. The van der Waals surface area contributed by atoms with Crippen molar-refractivity contribution in [2.75, 3.05) is 0 Å². The molecule has 1 amide bonds. The van der Waals surface area contributed by atoms with Crippen molar-refractivity contribution < 1.29 is 4.79 Å². The molecule has 1 aliphatic carbocycles. The number of rotatable bonds is 0. The minimum Gasteiger partial charge on any atom is -0.348 e. The predicted octanol–water partition coefficient (Wildman–Crippen LogP) is 2.45. The summed E-state index contributed by atoms with van der Waals surface area (Å²) in [4.78, 5) is 13.0. The van der Waals surface area contributed by atoms with Crippen molar-refractivity contribution >= 4 is 17.7 Å².